The summed E-state index contributed by atoms with van der Waals surface area (Å²) >= 11 is 0. The van der Waals surface area contributed by atoms with Gasteiger partial charge in [-0.3, -0.25) is 14.9 Å². The molecule has 0 aliphatic heterocycles. The first-order valence-electron chi connectivity index (χ1n) is 7.17. The van der Waals surface area contributed by atoms with Crippen molar-refractivity contribution in [3.05, 3.63) is 75.1 Å². The molecule has 1 N–H and O–H groups in total. The Bertz CT molecular complexity index is 1150. The van der Waals surface area contributed by atoms with Gasteiger partial charge in [-0.25, -0.2) is 0 Å². The number of aromatic nitrogens is 3. The molecule has 4 rings (SSSR count). The number of nitro groups is 1. The minimum Gasteiger partial charge on any atom is -0.321 e. The van der Waals surface area contributed by atoms with Crippen molar-refractivity contribution in [2.24, 2.45) is 0 Å². The third-order valence-electron chi connectivity index (χ3n) is 3.84. The van der Waals surface area contributed by atoms with E-state index < -0.39 is 4.92 Å². The highest BCUT2D eigenvalue weighted by Gasteiger charge is 2.11. The average Bonchev–Trinajstić information content (AvgIpc) is 2.62. The summed E-state index contributed by atoms with van der Waals surface area (Å²) in [5, 5.41) is 20.3. The standard InChI is InChI=1S/C17H10N4O3/c22-17-13-9-15(10-5-7-11(8-6-10)21(23)24)19-20-16(13)12-3-1-2-4-14(12)18-17/h1-9H,(H,18,22). The Kier molecular flexibility index (Phi) is 3.06. The number of nitrogens with zero attached hydrogens (tertiary/aromatic N) is 3. The van der Waals surface area contributed by atoms with E-state index in [1.807, 2.05) is 24.3 Å². The van der Waals surface area contributed by atoms with Crippen molar-refractivity contribution in [1.29, 1.82) is 0 Å². The van der Waals surface area contributed by atoms with Crippen molar-refractivity contribution in [3.8, 4) is 11.3 Å². The summed E-state index contributed by atoms with van der Waals surface area (Å²) in [6.07, 6.45) is 0. The summed E-state index contributed by atoms with van der Waals surface area (Å²) in [5.41, 5.74) is 2.12. The van der Waals surface area contributed by atoms with Gasteiger partial charge in [-0.2, -0.15) is 0 Å². The first-order valence-corrected chi connectivity index (χ1v) is 7.17. The lowest BCUT2D eigenvalue weighted by molar-refractivity contribution is -0.384. The van der Waals surface area contributed by atoms with Crippen LogP contribution < -0.4 is 5.56 Å². The van der Waals surface area contributed by atoms with Crippen molar-refractivity contribution in [2.45, 2.75) is 0 Å². The number of non-ortho nitro benzene ring substituents is 1. The number of fused-ring (bicyclic) bond motifs is 3. The first kappa shape index (κ1) is 14.0. The molecule has 2 aromatic carbocycles. The van der Waals surface area contributed by atoms with Crippen molar-refractivity contribution in [1.82, 2.24) is 15.2 Å². The molecule has 116 valence electrons. The molecule has 24 heavy (non-hydrogen) atoms. The van der Waals surface area contributed by atoms with Gasteiger partial charge in [0.05, 0.1) is 21.5 Å². The maximum atomic E-state index is 12.3. The largest absolute Gasteiger partial charge is 0.321 e. The minimum atomic E-state index is -0.466. The van der Waals surface area contributed by atoms with Crippen LogP contribution in [-0.2, 0) is 0 Å². The molecule has 0 aliphatic carbocycles. The summed E-state index contributed by atoms with van der Waals surface area (Å²) in [6.45, 7) is 0. The molecule has 2 aromatic heterocycles. The van der Waals surface area contributed by atoms with Gasteiger partial charge in [-0.1, -0.05) is 18.2 Å². The normalized spacial score (nSPS) is 11.0. The lowest BCUT2D eigenvalue weighted by Gasteiger charge is -2.04. The van der Waals surface area contributed by atoms with Crippen LogP contribution in [0.3, 0.4) is 0 Å². The van der Waals surface area contributed by atoms with Gasteiger partial charge in [0.15, 0.2) is 0 Å². The van der Waals surface area contributed by atoms with Gasteiger partial charge in [0, 0.05) is 23.1 Å². The van der Waals surface area contributed by atoms with Gasteiger partial charge in [0.2, 0.25) is 0 Å². The topological polar surface area (TPSA) is 102 Å². The predicted octanol–water partition coefficient (Wildman–Crippen LogP) is 3.05. The van der Waals surface area contributed by atoms with E-state index in [4.69, 9.17) is 0 Å². The number of pyridine rings is 1. The number of benzene rings is 2. The van der Waals surface area contributed by atoms with E-state index in [1.165, 1.54) is 12.1 Å². The maximum absolute atomic E-state index is 12.3. The van der Waals surface area contributed by atoms with Crippen LogP contribution in [-0.4, -0.2) is 20.1 Å². The second-order valence-corrected chi connectivity index (χ2v) is 5.30. The monoisotopic (exact) mass is 318 g/mol. The van der Waals surface area contributed by atoms with Crippen LogP contribution in [0.4, 0.5) is 5.69 Å². The predicted molar refractivity (Wildman–Crippen MR) is 89.8 cm³/mol. The average molecular weight is 318 g/mol. The number of hydrogen-bond acceptors (Lipinski definition) is 5. The highest BCUT2D eigenvalue weighted by Crippen LogP contribution is 2.24. The Morgan fingerprint density at radius 1 is 0.958 bits per heavy atom. The van der Waals surface area contributed by atoms with E-state index in [9.17, 15) is 14.9 Å². The molecule has 7 heteroatoms. The van der Waals surface area contributed by atoms with Gasteiger partial charge in [-0.15, -0.1) is 10.2 Å². The van der Waals surface area contributed by atoms with E-state index in [0.717, 1.165) is 5.39 Å². The highest BCUT2D eigenvalue weighted by atomic mass is 16.6. The zero-order valence-electron chi connectivity index (χ0n) is 12.3. The fourth-order valence-electron chi connectivity index (χ4n) is 2.65. The Balaban J connectivity index is 1.92. The molecule has 0 bridgehead atoms. The zero-order chi connectivity index (χ0) is 16.7. The second kappa shape index (κ2) is 5.24. The molecule has 0 aliphatic rings. The van der Waals surface area contributed by atoms with Crippen LogP contribution in [0.15, 0.2) is 59.4 Å². The Morgan fingerprint density at radius 3 is 2.46 bits per heavy atom. The van der Waals surface area contributed by atoms with Crippen LogP contribution in [0, 0.1) is 10.1 Å². The number of H-pyrrole nitrogens is 1. The fourth-order valence-corrected chi connectivity index (χ4v) is 2.65. The molecule has 0 radical (unpaired) electrons. The smallest absolute Gasteiger partial charge is 0.269 e. The number of rotatable bonds is 2. The highest BCUT2D eigenvalue weighted by molar-refractivity contribution is 6.03. The van der Waals surface area contributed by atoms with Crippen molar-refractivity contribution in [2.75, 3.05) is 0 Å². The summed E-state index contributed by atoms with van der Waals surface area (Å²) < 4.78 is 0. The van der Waals surface area contributed by atoms with Crippen LogP contribution in [0.5, 0.6) is 0 Å². The van der Waals surface area contributed by atoms with Gasteiger partial charge in [-0.05, 0) is 24.3 Å². The molecule has 0 amide bonds. The summed E-state index contributed by atoms with van der Waals surface area (Å²) in [7, 11) is 0. The van der Waals surface area contributed by atoms with E-state index in [1.54, 1.807) is 18.2 Å². The molecule has 7 nitrogen and oxygen atoms in total. The van der Waals surface area contributed by atoms with Crippen LogP contribution in [0.25, 0.3) is 33.1 Å². The number of para-hydroxylation sites is 1. The minimum absolute atomic E-state index is 0.00339. The van der Waals surface area contributed by atoms with E-state index >= 15 is 0 Å². The third-order valence-corrected chi connectivity index (χ3v) is 3.84. The van der Waals surface area contributed by atoms with Crippen molar-refractivity contribution < 1.29 is 4.92 Å². The number of aromatic amines is 1. The Morgan fingerprint density at radius 2 is 1.71 bits per heavy atom. The van der Waals surface area contributed by atoms with Gasteiger partial charge in [0.25, 0.3) is 11.2 Å². The zero-order valence-corrected chi connectivity index (χ0v) is 12.3. The van der Waals surface area contributed by atoms with Crippen LogP contribution >= 0.6 is 0 Å². The molecular weight excluding hydrogens is 308 g/mol. The molecule has 0 saturated carbocycles. The molecule has 0 spiro atoms. The molecule has 0 saturated heterocycles. The molecule has 4 aromatic rings. The summed E-state index contributed by atoms with van der Waals surface area (Å²) in [6, 6.07) is 15.0. The maximum Gasteiger partial charge on any atom is 0.269 e. The fraction of sp³-hybridized carbons (Fsp3) is 0. The van der Waals surface area contributed by atoms with Crippen LogP contribution in [0.1, 0.15) is 0 Å². The number of hydrogen-bond donors (Lipinski definition) is 1. The van der Waals surface area contributed by atoms with Gasteiger partial charge in [0.1, 0.15) is 5.52 Å². The van der Waals surface area contributed by atoms with Crippen LogP contribution in [0.2, 0.25) is 0 Å². The van der Waals surface area contributed by atoms with E-state index in [2.05, 4.69) is 15.2 Å². The third kappa shape index (κ3) is 2.19. The number of nitrogens with one attached hydrogen (secondary N) is 1. The number of nitro benzene ring substituents is 1. The van der Waals surface area contributed by atoms with Gasteiger partial charge >= 0.3 is 0 Å². The van der Waals surface area contributed by atoms with E-state index in [-0.39, 0.29) is 11.2 Å². The molecule has 0 atom stereocenters. The lowest BCUT2D eigenvalue weighted by Crippen LogP contribution is -2.08. The summed E-state index contributed by atoms with van der Waals surface area (Å²) in [5.74, 6) is 0. The second-order valence-electron chi connectivity index (χ2n) is 5.30. The molecular formula is C17H10N4O3. The van der Waals surface area contributed by atoms with Crippen molar-refractivity contribution >= 4 is 27.5 Å². The molecule has 0 unspecified atom stereocenters. The first-order chi connectivity index (χ1) is 11.6. The van der Waals surface area contributed by atoms with E-state index in [0.29, 0.717) is 27.7 Å². The Hall–Kier alpha value is -3.61. The quantitative estimate of drug-likeness (QED) is 0.348. The Labute approximate surface area is 134 Å². The summed E-state index contributed by atoms with van der Waals surface area (Å²) in [4.78, 5) is 25.4. The van der Waals surface area contributed by atoms with Gasteiger partial charge < -0.3 is 4.98 Å². The lowest BCUT2D eigenvalue weighted by atomic mass is 10.1. The molecule has 2 heterocycles. The van der Waals surface area contributed by atoms with Crippen molar-refractivity contribution in [3.63, 3.8) is 0 Å². The SMILES string of the molecule is O=c1[nH]c2ccccc2c2nnc(-c3ccc([N+](=O)[O-])cc3)cc12. The molecule has 0 fully saturated rings.